The molecule has 0 aliphatic heterocycles. The van der Waals surface area contributed by atoms with E-state index in [-0.39, 0.29) is 35.8 Å². The standard InChI is InChI=1S/C17H28N4O.HI/c1-12(2)16(22)19-8-9-20-17(18-5)21-11-15-7-6-13(3)10-14(15)4;/h6-7,10,12H,8-9,11H2,1-5H3,(H,19,22)(H2,18,20,21);1H. The normalized spacial score (nSPS) is 11.0. The van der Waals surface area contributed by atoms with Crippen molar-refractivity contribution in [3.8, 4) is 0 Å². The van der Waals surface area contributed by atoms with Crippen LogP contribution in [0, 0.1) is 19.8 Å². The Bertz CT molecular complexity index is 529. The summed E-state index contributed by atoms with van der Waals surface area (Å²) in [5, 5.41) is 9.34. The first-order valence-electron chi connectivity index (χ1n) is 7.72. The molecule has 0 fully saturated rings. The third-order valence-electron chi connectivity index (χ3n) is 3.41. The summed E-state index contributed by atoms with van der Waals surface area (Å²) in [5.74, 6) is 0.820. The van der Waals surface area contributed by atoms with Crippen molar-refractivity contribution in [2.24, 2.45) is 10.9 Å². The topological polar surface area (TPSA) is 65.5 Å². The van der Waals surface area contributed by atoms with Crippen LogP contribution in [0.2, 0.25) is 0 Å². The van der Waals surface area contributed by atoms with Crippen molar-refractivity contribution in [2.75, 3.05) is 20.1 Å². The van der Waals surface area contributed by atoms with Crippen LogP contribution in [0.5, 0.6) is 0 Å². The quantitative estimate of drug-likeness (QED) is 0.280. The Morgan fingerprint density at radius 1 is 1.13 bits per heavy atom. The molecule has 0 spiro atoms. The van der Waals surface area contributed by atoms with Gasteiger partial charge in [-0.2, -0.15) is 0 Å². The Morgan fingerprint density at radius 3 is 2.35 bits per heavy atom. The van der Waals surface area contributed by atoms with Crippen LogP contribution in [0.4, 0.5) is 0 Å². The summed E-state index contributed by atoms with van der Waals surface area (Å²) < 4.78 is 0. The summed E-state index contributed by atoms with van der Waals surface area (Å²) in [6, 6.07) is 6.42. The van der Waals surface area contributed by atoms with E-state index in [0.29, 0.717) is 13.1 Å². The second-order valence-corrected chi connectivity index (χ2v) is 5.73. The Labute approximate surface area is 156 Å². The molecule has 0 aliphatic rings. The van der Waals surface area contributed by atoms with Crippen LogP contribution in [0.3, 0.4) is 0 Å². The van der Waals surface area contributed by atoms with Crippen molar-refractivity contribution in [2.45, 2.75) is 34.2 Å². The molecule has 1 aromatic carbocycles. The first-order valence-corrected chi connectivity index (χ1v) is 7.72. The van der Waals surface area contributed by atoms with Crippen molar-refractivity contribution in [1.29, 1.82) is 0 Å². The highest BCUT2D eigenvalue weighted by Crippen LogP contribution is 2.09. The molecule has 1 amide bonds. The first-order chi connectivity index (χ1) is 10.4. The number of hydrogen-bond acceptors (Lipinski definition) is 2. The third kappa shape index (κ3) is 8.20. The zero-order valence-corrected chi connectivity index (χ0v) is 17.0. The summed E-state index contributed by atoms with van der Waals surface area (Å²) in [7, 11) is 1.74. The number of carbonyl (C=O) groups excluding carboxylic acids is 1. The van der Waals surface area contributed by atoms with Gasteiger partial charge in [0.25, 0.3) is 0 Å². The number of hydrogen-bond donors (Lipinski definition) is 3. The van der Waals surface area contributed by atoms with Crippen LogP contribution in [-0.4, -0.2) is 32.0 Å². The Kier molecular flexibility index (Phi) is 10.6. The highest BCUT2D eigenvalue weighted by Gasteiger charge is 2.05. The number of nitrogens with one attached hydrogen (secondary N) is 3. The van der Waals surface area contributed by atoms with Gasteiger partial charge < -0.3 is 16.0 Å². The maximum Gasteiger partial charge on any atom is 0.222 e. The third-order valence-corrected chi connectivity index (χ3v) is 3.41. The van der Waals surface area contributed by atoms with Crippen LogP contribution >= 0.6 is 24.0 Å². The van der Waals surface area contributed by atoms with Gasteiger partial charge >= 0.3 is 0 Å². The number of nitrogens with zero attached hydrogens (tertiary/aromatic N) is 1. The van der Waals surface area contributed by atoms with Crippen molar-refractivity contribution >= 4 is 35.8 Å². The number of benzene rings is 1. The first kappa shape index (κ1) is 21.7. The number of amides is 1. The fraction of sp³-hybridized carbons (Fsp3) is 0.529. The zero-order valence-electron chi connectivity index (χ0n) is 14.7. The Hall–Kier alpha value is -1.31. The number of guanidine groups is 1. The molecule has 0 aromatic heterocycles. The average molecular weight is 432 g/mol. The second kappa shape index (κ2) is 11.3. The van der Waals surface area contributed by atoms with Gasteiger partial charge in [0.2, 0.25) is 5.91 Å². The van der Waals surface area contributed by atoms with E-state index in [0.717, 1.165) is 12.5 Å². The van der Waals surface area contributed by atoms with Crippen LogP contribution in [0.25, 0.3) is 0 Å². The Morgan fingerprint density at radius 2 is 1.78 bits per heavy atom. The van der Waals surface area contributed by atoms with Gasteiger partial charge in [0.05, 0.1) is 0 Å². The molecule has 0 radical (unpaired) electrons. The van der Waals surface area contributed by atoms with Crippen LogP contribution < -0.4 is 16.0 Å². The van der Waals surface area contributed by atoms with Crippen molar-refractivity contribution < 1.29 is 4.79 Å². The van der Waals surface area contributed by atoms with E-state index in [1.165, 1.54) is 16.7 Å². The van der Waals surface area contributed by atoms with E-state index in [4.69, 9.17) is 0 Å². The fourth-order valence-corrected chi connectivity index (χ4v) is 2.01. The number of halogens is 1. The van der Waals surface area contributed by atoms with Gasteiger partial charge in [0.1, 0.15) is 0 Å². The van der Waals surface area contributed by atoms with E-state index >= 15 is 0 Å². The lowest BCUT2D eigenvalue weighted by Crippen LogP contribution is -2.41. The molecule has 130 valence electrons. The molecule has 0 bridgehead atoms. The number of aliphatic imine (C=N–C) groups is 1. The van der Waals surface area contributed by atoms with E-state index in [1.807, 2.05) is 13.8 Å². The Balaban J connectivity index is 0.00000484. The molecular formula is C17H29IN4O. The summed E-state index contributed by atoms with van der Waals surface area (Å²) in [6.45, 7) is 9.93. The largest absolute Gasteiger partial charge is 0.355 e. The van der Waals surface area contributed by atoms with Crippen LogP contribution in [0.1, 0.15) is 30.5 Å². The van der Waals surface area contributed by atoms with Gasteiger partial charge in [-0.25, -0.2) is 0 Å². The lowest BCUT2D eigenvalue weighted by atomic mass is 10.1. The van der Waals surface area contributed by atoms with Crippen molar-refractivity contribution in [3.63, 3.8) is 0 Å². The predicted molar refractivity (Wildman–Crippen MR) is 107 cm³/mol. The molecule has 0 heterocycles. The summed E-state index contributed by atoms with van der Waals surface area (Å²) >= 11 is 0. The second-order valence-electron chi connectivity index (χ2n) is 5.73. The minimum atomic E-state index is 0. The molecule has 0 saturated heterocycles. The van der Waals surface area contributed by atoms with Gasteiger partial charge in [-0.05, 0) is 25.0 Å². The maximum atomic E-state index is 11.4. The molecular weight excluding hydrogens is 403 g/mol. The van der Waals surface area contributed by atoms with E-state index in [2.05, 4.69) is 53.0 Å². The minimum absolute atomic E-state index is 0. The minimum Gasteiger partial charge on any atom is -0.355 e. The van der Waals surface area contributed by atoms with Crippen molar-refractivity contribution in [3.05, 3.63) is 34.9 Å². The maximum absolute atomic E-state index is 11.4. The summed E-state index contributed by atoms with van der Waals surface area (Å²) in [6.07, 6.45) is 0. The highest BCUT2D eigenvalue weighted by molar-refractivity contribution is 14.0. The molecule has 5 nitrogen and oxygen atoms in total. The molecule has 0 unspecified atom stereocenters. The number of aryl methyl sites for hydroxylation is 2. The average Bonchev–Trinajstić information content (AvgIpc) is 2.47. The number of carbonyl (C=O) groups is 1. The molecule has 0 atom stereocenters. The van der Waals surface area contributed by atoms with Gasteiger partial charge in [-0.3, -0.25) is 9.79 Å². The van der Waals surface area contributed by atoms with Gasteiger partial charge in [0, 0.05) is 32.6 Å². The summed E-state index contributed by atoms with van der Waals surface area (Å²) in [5.41, 5.74) is 3.79. The lowest BCUT2D eigenvalue weighted by Gasteiger charge is -2.14. The molecule has 1 rings (SSSR count). The molecule has 6 heteroatoms. The lowest BCUT2D eigenvalue weighted by molar-refractivity contribution is -0.123. The fourth-order valence-electron chi connectivity index (χ4n) is 2.01. The van der Waals surface area contributed by atoms with Gasteiger partial charge in [0.15, 0.2) is 5.96 Å². The molecule has 1 aromatic rings. The van der Waals surface area contributed by atoms with Crippen LogP contribution in [-0.2, 0) is 11.3 Å². The smallest absolute Gasteiger partial charge is 0.222 e. The van der Waals surface area contributed by atoms with E-state index < -0.39 is 0 Å². The number of rotatable bonds is 6. The van der Waals surface area contributed by atoms with Gasteiger partial charge in [-0.15, -0.1) is 24.0 Å². The molecule has 3 N–H and O–H groups in total. The van der Waals surface area contributed by atoms with E-state index in [9.17, 15) is 4.79 Å². The molecule has 0 saturated carbocycles. The summed E-state index contributed by atoms with van der Waals surface area (Å²) in [4.78, 5) is 15.6. The monoisotopic (exact) mass is 432 g/mol. The highest BCUT2D eigenvalue weighted by atomic mass is 127. The molecule has 23 heavy (non-hydrogen) atoms. The van der Waals surface area contributed by atoms with Crippen LogP contribution in [0.15, 0.2) is 23.2 Å². The van der Waals surface area contributed by atoms with Gasteiger partial charge in [-0.1, -0.05) is 37.6 Å². The predicted octanol–water partition coefficient (Wildman–Crippen LogP) is 2.36. The zero-order chi connectivity index (χ0) is 16.5. The molecule has 0 aliphatic carbocycles. The SMILES string of the molecule is CN=C(NCCNC(=O)C(C)C)NCc1ccc(C)cc1C.I. The van der Waals surface area contributed by atoms with Crippen molar-refractivity contribution in [1.82, 2.24) is 16.0 Å². The van der Waals surface area contributed by atoms with E-state index in [1.54, 1.807) is 7.05 Å².